The Morgan fingerprint density at radius 3 is 2.74 bits per heavy atom. The molecule has 0 fully saturated rings. The molecule has 0 bridgehead atoms. The predicted molar refractivity (Wildman–Crippen MR) is 82.2 cm³/mol. The molecular formula is C11H13BrN2O2S3. The number of hydrogen-bond acceptors (Lipinski definition) is 5. The topological polar surface area (TPSA) is 59.1 Å². The molecule has 1 atom stereocenters. The van der Waals surface area contributed by atoms with E-state index in [0.717, 1.165) is 13.7 Å². The smallest absolute Gasteiger partial charge is 0.242 e. The number of rotatable bonds is 5. The van der Waals surface area contributed by atoms with Gasteiger partial charge in [0.2, 0.25) is 10.0 Å². The van der Waals surface area contributed by atoms with E-state index in [-0.39, 0.29) is 6.04 Å². The first-order valence-electron chi connectivity index (χ1n) is 5.61. The summed E-state index contributed by atoms with van der Waals surface area (Å²) >= 11 is 6.18. The van der Waals surface area contributed by atoms with Crippen molar-refractivity contribution in [3.05, 3.63) is 31.3 Å². The van der Waals surface area contributed by atoms with Gasteiger partial charge in [0.15, 0.2) is 0 Å². The molecule has 0 aliphatic heterocycles. The Morgan fingerprint density at radius 2 is 2.26 bits per heavy atom. The minimum atomic E-state index is -3.51. The number of halogens is 1. The van der Waals surface area contributed by atoms with Gasteiger partial charge in [0.1, 0.15) is 5.01 Å². The van der Waals surface area contributed by atoms with Crippen LogP contribution in [0, 0.1) is 6.92 Å². The molecule has 2 heterocycles. The predicted octanol–water partition coefficient (Wildman–Crippen LogP) is 3.71. The van der Waals surface area contributed by atoms with Crippen LogP contribution in [0.1, 0.15) is 29.3 Å². The zero-order valence-electron chi connectivity index (χ0n) is 10.4. The van der Waals surface area contributed by atoms with Crippen molar-refractivity contribution in [2.75, 3.05) is 0 Å². The van der Waals surface area contributed by atoms with Gasteiger partial charge in [-0.15, -0.1) is 22.7 Å². The van der Waals surface area contributed by atoms with Crippen LogP contribution in [0.5, 0.6) is 0 Å². The minimum absolute atomic E-state index is 0.275. The SMILES string of the molecule is CCC(NS(=O)(=O)c1cc(Br)sc1C)c1nccs1. The van der Waals surface area contributed by atoms with Gasteiger partial charge in [-0.25, -0.2) is 18.1 Å². The second kappa shape index (κ2) is 6.01. The molecule has 0 aliphatic rings. The van der Waals surface area contributed by atoms with E-state index in [4.69, 9.17) is 0 Å². The largest absolute Gasteiger partial charge is 0.248 e. The van der Waals surface area contributed by atoms with Crippen LogP contribution in [0.3, 0.4) is 0 Å². The van der Waals surface area contributed by atoms with Crippen molar-refractivity contribution in [3.63, 3.8) is 0 Å². The van der Waals surface area contributed by atoms with E-state index in [1.165, 1.54) is 22.7 Å². The Morgan fingerprint density at radius 1 is 1.53 bits per heavy atom. The first-order chi connectivity index (χ1) is 8.94. The third kappa shape index (κ3) is 3.43. The molecule has 0 radical (unpaired) electrons. The number of thiophene rings is 1. The van der Waals surface area contributed by atoms with Crippen molar-refractivity contribution in [3.8, 4) is 0 Å². The lowest BCUT2D eigenvalue weighted by atomic mass is 10.3. The molecule has 2 rings (SSSR count). The van der Waals surface area contributed by atoms with Crippen LogP contribution in [-0.4, -0.2) is 13.4 Å². The van der Waals surface area contributed by atoms with Gasteiger partial charge >= 0.3 is 0 Å². The summed E-state index contributed by atoms with van der Waals surface area (Å²) in [7, 11) is -3.51. The number of hydrogen-bond donors (Lipinski definition) is 1. The van der Waals surface area contributed by atoms with Crippen LogP contribution >= 0.6 is 38.6 Å². The highest BCUT2D eigenvalue weighted by molar-refractivity contribution is 9.11. The van der Waals surface area contributed by atoms with Crippen LogP contribution < -0.4 is 4.72 Å². The summed E-state index contributed by atoms with van der Waals surface area (Å²) in [6.45, 7) is 3.74. The molecular weight excluding hydrogens is 368 g/mol. The zero-order valence-corrected chi connectivity index (χ0v) is 14.4. The van der Waals surface area contributed by atoms with E-state index in [1.54, 1.807) is 19.2 Å². The number of sulfonamides is 1. The van der Waals surface area contributed by atoms with E-state index in [2.05, 4.69) is 25.6 Å². The fraction of sp³-hybridized carbons (Fsp3) is 0.364. The standard InChI is InChI=1S/C11H13BrN2O2S3/c1-3-8(11-13-4-5-17-11)14-19(15,16)9-6-10(12)18-7(9)2/h4-6,8,14H,3H2,1-2H3. The van der Waals surface area contributed by atoms with E-state index in [9.17, 15) is 8.42 Å². The summed E-state index contributed by atoms with van der Waals surface area (Å²) < 4.78 is 28.3. The lowest BCUT2D eigenvalue weighted by Gasteiger charge is -2.14. The van der Waals surface area contributed by atoms with Crippen molar-refractivity contribution in [1.82, 2.24) is 9.71 Å². The number of aromatic nitrogens is 1. The van der Waals surface area contributed by atoms with Crippen molar-refractivity contribution < 1.29 is 8.42 Å². The molecule has 0 spiro atoms. The van der Waals surface area contributed by atoms with Crippen molar-refractivity contribution in [2.45, 2.75) is 31.2 Å². The quantitative estimate of drug-likeness (QED) is 0.859. The van der Waals surface area contributed by atoms with Crippen LogP contribution in [-0.2, 0) is 10.0 Å². The molecule has 1 N–H and O–H groups in total. The van der Waals surface area contributed by atoms with Crippen molar-refractivity contribution >= 4 is 48.6 Å². The maximum Gasteiger partial charge on any atom is 0.242 e. The highest BCUT2D eigenvalue weighted by atomic mass is 79.9. The minimum Gasteiger partial charge on any atom is -0.248 e. The van der Waals surface area contributed by atoms with Gasteiger partial charge in [-0.05, 0) is 35.3 Å². The van der Waals surface area contributed by atoms with Crippen LogP contribution in [0.2, 0.25) is 0 Å². The monoisotopic (exact) mass is 380 g/mol. The first-order valence-corrected chi connectivity index (χ1v) is 9.59. The number of aryl methyl sites for hydroxylation is 1. The Labute approximate surface area is 129 Å². The lowest BCUT2D eigenvalue weighted by molar-refractivity contribution is 0.549. The first kappa shape index (κ1) is 15.1. The van der Waals surface area contributed by atoms with E-state index in [1.807, 2.05) is 12.3 Å². The van der Waals surface area contributed by atoms with Crippen molar-refractivity contribution in [2.24, 2.45) is 0 Å². The molecule has 0 aliphatic carbocycles. The molecule has 4 nitrogen and oxygen atoms in total. The molecule has 19 heavy (non-hydrogen) atoms. The van der Waals surface area contributed by atoms with Crippen LogP contribution in [0.4, 0.5) is 0 Å². The molecule has 2 aromatic heterocycles. The highest BCUT2D eigenvalue weighted by Crippen LogP contribution is 2.31. The summed E-state index contributed by atoms with van der Waals surface area (Å²) in [5.74, 6) is 0. The average Bonchev–Trinajstić information content (AvgIpc) is 2.96. The van der Waals surface area contributed by atoms with E-state index in [0.29, 0.717) is 11.3 Å². The second-order valence-corrected chi connectivity index (χ2v) is 9.17. The Hall–Kier alpha value is -0.280. The summed E-state index contributed by atoms with van der Waals surface area (Å²) in [6.07, 6.45) is 2.35. The highest BCUT2D eigenvalue weighted by Gasteiger charge is 2.24. The second-order valence-electron chi connectivity index (χ2n) is 3.92. The van der Waals surface area contributed by atoms with Gasteiger partial charge in [-0.2, -0.15) is 0 Å². The number of thiazole rings is 1. The Kier molecular flexibility index (Phi) is 4.78. The van der Waals surface area contributed by atoms with E-state index >= 15 is 0 Å². The fourth-order valence-electron chi connectivity index (χ4n) is 1.66. The molecule has 1 unspecified atom stereocenters. The average molecular weight is 381 g/mol. The van der Waals surface area contributed by atoms with Gasteiger partial charge in [-0.1, -0.05) is 6.92 Å². The molecule has 2 aromatic rings. The van der Waals surface area contributed by atoms with Crippen LogP contribution in [0.15, 0.2) is 26.3 Å². The van der Waals surface area contributed by atoms with Gasteiger partial charge in [-0.3, -0.25) is 0 Å². The Balaban J connectivity index is 2.28. The van der Waals surface area contributed by atoms with Gasteiger partial charge in [0.05, 0.1) is 14.7 Å². The summed E-state index contributed by atoms with van der Waals surface area (Å²) in [6, 6.07) is 1.36. The van der Waals surface area contributed by atoms with Crippen LogP contribution in [0.25, 0.3) is 0 Å². The van der Waals surface area contributed by atoms with E-state index < -0.39 is 10.0 Å². The zero-order chi connectivity index (χ0) is 14.0. The molecule has 104 valence electrons. The summed E-state index contributed by atoms with van der Waals surface area (Å²) in [4.78, 5) is 5.28. The molecule has 8 heteroatoms. The summed E-state index contributed by atoms with van der Waals surface area (Å²) in [5.41, 5.74) is 0. The molecule has 0 amide bonds. The number of nitrogens with zero attached hydrogens (tertiary/aromatic N) is 1. The normalized spacial score (nSPS) is 13.6. The summed E-state index contributed by atoms with van der Waals surface area (Å²) in [5, 5.41) is 2.64. The maximum atomic E-state index is 12.4. The number of nitrogens with one attached hydrogen (secondary N) is 1. The molecule has 0 aromatic carbocycles. The Bertz CT molecular complexity index is 650. The fourth-order valence-corrected chi connectivity index (χ4v) is 6.21. The van der Waals surface area contributed by atoms with Gasteiger partial charge in [0.25, 0.3) is 0 Å². The van der Waals surface area contributed by atoms with Crippen molar-refractivity contribution in [1.29, 1.82) is 0 Å². The van der Waals surface area contributed by atoms with Gasteiger partial charge in [0, 0.05) is 16.5 Å². The molecule has 0 saturated heterocycles. The third-order valence-electron chi connectivity index (χ3n) is 2.59. The molecule has 0 saturated carbocycles. The van der Waals surface area contributed by atoms with Gasteiger partial charge < -0.3 is 0 Å². The third-order valence-corrected chi connectivity index (χ3v) is 6.76. The maximum absolute atomic E-state index is 12.4. The lowest BCUT2D eigenvalue weighted by Crippen LogP contribution is -2.28.